The van der Waals surface area contributed by atoms with Gasteiger partial charge in [-0.05, 0) is 44.9 Å². The van der Waals surface area contributed by atoms with Crippen molar-refractivity contribution >= 4 is 0 Å². The van der Waals surface area contributed by atoms with Gasteiger partial charge in [0.25, 0.3) is 0 Å². The number of aliphatic hydroxyl groups is 1. The predicted octanol–water partition coefficient (Wildman–Crippen LogP) is 4.39. The first kappa shape index (κ1) is 16.5. The fourth-order valence-corrected chi connectivity index (χ4v) is 2.33. The molecule has 0 aromatic rings. The van der Waals surface area contributed by atoms with E-state index in [2.05, 4.69) is 31.2 Å². The van der Waals surface area contributed by atoms with Crippen molar-refractivity contribution in [1.82, 2.24) is 0 Å². The van der Waals surface area contributed by atoms with Crippen molar-refractivity contribution in [2.45, 2.75) is 76.9 Å². The molecule has 0 bridgehead atoms. The Morgan fingerprint density at radius 1 is 1.05 bits per heavy atom. The molecule has 0 aromatic carbocycles. The molecule has 0 radical (unpaired) electrons. The minimum atomic E-state index is -0.320. The highest BCUT2D eigenvalue weighted by atomic mass is 16.5. The molecule has 0 saturated carbocycles. The lowest BCUT2D eigenvalue weighted by atomic mass is 10.0. The fourth-order valence-electron chi connectivity index (χ4n) is 2.33. The van der Waals surface area contributed by atoms with Gasteiger partial charge in [-0.3, -0.25) is 0 Å². The van der Waals surface area contributed by atoms with Gasteiger partial charge in [0.1, 0.15) is 0 Å². The van der Waals surface area contributed by atoms with Crippen LogP contribution in [-0.2, 0) is 4.74 Å². The van der Waals surface area contributed by atoms with E-state index in [0.717, 1.165) is 51.6 Å². The van der Waals surface area contributed by atoms with Crippen LogP contribution in [0.25, 0.3) is 0 Å². The van der Waals surface area contributed by atoms with Crippen LogP contribution in [-0.4, -0.2) is 23.9 Å². The van der Waals surface area contributed by atoms with E-state index in [1.165, 1.54) is 12.8 Å². The maximum absolute atomic E-state index is 10.2. The van der Waals surface area contributed by atoms with E-state index in [0.29, 0.717) is 0 Å². The van der Waals surface area contributed by atoms with Crippen LogP contribution in [0.2, 0.25) is 0 Å². The Labute approximate surface area is 118 Å². The smallest absolute Gasteiger partial charge is 0.0868 e. The molecule has 0 saturated heterocycles. The normalized spacial score (nSPS) is 29.2. The van der Waals surface area contributed by atoms with E-state index >= 15 is 0 Å². The van der Waals surface area contributed by atoms with Gasteiger partial charge in [0.15, 0.2) is 0 Å². The van der Waals surface area contributed by atoms with Crippen molar-refractivity contribution in [3.8, 4) is 0 Å². The van der Waals surface area contributed by atoms with Crippen LogP contribution in [0.5, 0.6) is 0 Å². The quantitative estimate of drug-likeness (QED) is 0.591. The van der Waals surface area contributed by atoms with Crippen LogP contribution in [0.15, 0.2) is 24.3 Å². The second-order valence-electron chi connectivity index (χ2n) is 5.37. The van der Waals surface area contributed by atoms with Gasteiger partial charge in [0, 0.05) is 6.61 Å². The van der Waals surface area contributed by atoms with Gasteiger partial charge < -0.3 is 9.84 Å². The summed E-state index contributed by atoms with van der Waals surface area (Å²) in [6.07, 6.45) is 18.1. The summed E-state index contributed by atoms with van der Waals surface area (Å²) in [5, 5.41) is 10.2. The van der Waals surface area contributed by atoms with Gasteiger partial charge in [0.05, 0.1) is 12.2 Å². The van der Waals surface area contributed by atoms with Crippen LogP contribution in [0.3, 0.4) is 0 Å². The van der Waals surface area contributed by atoms with Crippen LogP contribution in [0.1, 0.15) is 64.7 Å². The highest BCUT2D eigenvalue weighted by Gasteiger charge is 2.18. The summed E-state index contributed by atoms with van der Waals surface area (Å²) in [6, 6.07) is 0. The van der Waals surface area contributed by atoms with Gasteiger partial charge in [-0.25, -0.2) is 0 Å². The second-order valence-corrected chi connectivity index (χ2v) is 5.37. The molecule has 0 aliphatic heterocycles. The van der Waals surface area contributed by atoms with Crippen LogP contribution in [0.4, 0.5) is 0 Å². The van der Waals surface area contributed by atoms with E-state index in [-0.39, 0.29) is 12.2 Å². The van der Waals surface area contributed by atoms with Crippen molar-refractivity contribution in [3.63, 3.8) is 0 Å². The number of unbranched alkanes of at least 4 members (excludes halogenated alkanes) is 2. The molecule has 2 unspecified atom stereocenters. The third-order valence-electron chi connectivity index (χ3n) is 3.58. The fraction of sp³-hybridized carbons (Fsp3) is 0.765. The Hall–Kier alpha value is -0.600. The molecule has 0 fully saturated rings. The lowest BCUT2D eigenvalue weighted by Gasteiger charge is -2.22. The molecule has 0 amide bonds. The number of ether oxygens (including phenoxy) is 1. The van der Waals surface area contributed by atoms with Gasteiger partial charge >= 0.3 is 0 Å². The molecular formula is C17H30O2. The zero-order chi connectivity index (χ0) is 13.8. The van der Waals surface area contributed by atoms with Gasteiger partial charge in [-0.2, -0.15) is 0 Å². The van der Waals surface area contributed by atoms with Crippen molar-refractivity contribution in [2.24, 2.45) is 0 Å². The van der Waals surface area contributed by atoms with Crippen molar-refractivity contribution in [2.75, 3.05) is 6.61 Å². The molecule has 1 aliphatic rings. The predicted molar refractivity (Wildman–Crippen MR) is 81.3 cm³/mol. The van der Waals surface area contributed by atoms with Crippen molar-refractivity contribution < 1.29 is 9.84 Å². The number of allylic oxidation sites excluding steroid dienone is 3. The first-order chi connectivity index (χ1) is 9.34. The first-order valence-corrected chi connectivity index (χ1v) is 7.94. The molecule has 0 spiro atoms. The molecule has 110 valence electrons. The maximum atomic E-state index is 10.2. The molecule has 2 atom stereocenters. The van der Waals surface area contributed by atoms with Crippen molar-refractivity contribution in [3.05, 3.63) is 24.3 Å². The molecule has 1 aliphatic carbocycles. The average Bonchev–Trinajstić information content (AvgIpc) is 2.41. The van der Waals surface area contributed by atoms with E-state index in [4.69, 9.17) is 4.74 Å². The van der Waals surface area contributed by atoms with E-state index in [1.807, 2.05) is 0 Å². The second kappa shape index (κ2) is 11.2. The van der Waals surface area contributed by atoms with E-state index in [1.54, 1.807) is 0 Å². The Morgan fingerprint density at radius 3 is 2.58 bits per heavy atom. The molecule has 2 nitrogen and oxygen atoms in total. The van der Waals surface area contributed by atoms with Crippen LogP contribution in [0, 0.1) is 0 Å². The number of aliphatic hydroxyl groups excluding tert-OH is 1. The van der Waals surface area contributed by atoms with Gasteiger partial charge in [0.2, 0.25) is 0 Å². The molecule has 0 aromatic heterocycles. The number of hydrogen-bond acceptors (Lipinski definition) is 2. The Kier molecular flexibility index (Phi) is 9.74. The minimum absolute atomic E-state index is 0.0171. The topological polar surface area (TPSA) is 29.5 Å². The molecule has 1 N–H and O–H groups in total. The monoisotopic (exact) mass is 266 g/mol. The summed E-state index contributed by atoms with van der Waals surface area (Å²) in [6.45, 7) is 2.98. The van der Waals surface area contributed by atoms with E-state index in [9.17, 15) is 5.11 Å². The summed E-state index contributed by atoms with van der Waals surface area (Å²) in [5.74, 6) is 0. The summed E-state index contributed by atoms with van der Waals surface area (Å²) < 4.78 is 5.88. The molecule has 19 heavy (non-hydrogen) atoms. The number of hydrogen-bond donors (Lipinski definition) is 1. The summed E-state index contributed by atoms with van der Waals surface area (Å²) in [7, 11) is 0. The first-order valence-electron chi connectivity index (χ1n) is 7.94. The van der Waals surface area contributed by atoms with Gasteiger partial charge in [-0.1, -0.05) is 44.1 Å². The minimum Gasteiger partial charge on any atom is -0.390 e. The standard InChI is InChI=1S/C17H30O2/c1-2-3-12-15-19-17-14-11-9-7-5-4-6-8-10-13-16(17)18/h4,6,9,11,16-18H,2-3,5,7-8,10,12-15H2,1H3/b6-4-,11-9-. The lowest BCUT2D eigenvalue weighted by molar-refractivity contribution is -0.0400. The average molecular weight is 266 g/mol. The summed E-state index contributed by atoms with van der Waals surface area (Å²) in [4.78, 5) is 0. The zero-order valence-corrected chi connectivity index (χ0v) is 12.4. The molecule has 2 heteroatoms. The highest BCUT2D eigenvalue weighted by Crippen LogP contribution is 2.15. The third kappa shape index (κ3) is 8.22. The summed E-state index contributed by atoms with van der Waals surface area (Å²) >= 11 is 0. The Bertz CT molecular complexity index is 258. The lowest BCUT2D eigenvalue weighted by Crippen LogP contribution is -2.29. The van der Waals surface area contributed by atoms with E-state index < -0.39 is 0 Å². The highest BCUT2D eigenvalue weighted by molar-refractivity contribution is 4.91. The third-order valence-corrected chi connectivity index (χ3v) is 3.58. The molecule has 0 heterocycles. The zero-order valence-electron chi connectivity index (χ0n) is 12.4. The Morgan fingerprint density at radius 2 is 1.79 bits per heavy atom. The largest absolute Gasteiger partial charge is 0.390 e. The molecular weight excluding hydrogens is 236 g/mol. The Balaban J connectivity index is 2.39. The van der Waals surface area contributed by atoms with Gasteiger partial charge in [-0.15, -0.1) is 0 Å². The van der Waals surface area contributed by atoms with Crippen LogP contribution >= 0.6 is 0 Å². The van der Waals surface area contributed by atoms with Crippen molar-refractivity contribution in [1.29, 1.82) is 0 Å². The van der Waals surface area contributed by atoms with Crippen LogP contribution < -0.4 is 0 Å². The SMILES string of the molecule is CCCCCOC1C/C=C\CC/C=C\CCCC1O. The number of rotatable bonds is 5. The maximum Gasteiger partial charge on any atom is 0.0868 e. The molecule has 1 rings (SSSR count). The summed E-state index contributed by atoms with van der Waals surface area (Å²) in [5.41, 5.74) is 0.